The molecule has 0 radical (unpaired) electrons. The number of aliphatic hydroxyl groups is 1. The van der Waals surface area contributed by atoms with Crippen molar-refractivity contribution in [1.82, 2.24) is 0 Å². The summed E-state index contributed by atoms with van der Waals surface area (Å²) in [6.45, 7) is 0. The molecule has 0 aromatic heterocycles. The van der Waals surface area contributed by atoms with Crippen molar-refractivity contribution in [1.29, 1.82) is 0 Å². The second-order valence-corrected chi connectivity index (χ2v) is 2.89. The third-order valence-electron chi connectivity index (χ3n) is 1.91. The third-order valence-corrected chi connectivity index (χ3v) is 1.91. The number of methoxy groups -OCH3 is 1. The van der Waals surface area contributed by atoms with Crippen LogP contribution in [-0.4, -0.2) is 24.6 Å². The number of carbonyl (C=O) groups excluding carboxylic acids is 1. The molecule has 1 rings (SSSR count). The third kappa shape index (κ3) is 2.73. The van der Waals surface area contributed by atoms with Crippen LogP contribution in [0.1, 0.15) is 22.0 Å². The molecule has 1 N–H and O–H groups in total. The molecule has 0 amide bonds. The Morgan fingerprint density at radius 3 is 2.27 bits per heavy atom. The van der Waals surface area contributed by atoms with Crippen molar-refractivity contribution in [2.45, 2.75) is 12.5 Å². The van der Waals surface area contributed by atoms with Crippen LogP contribution in [-0.2, 0) is 4.74 Å². The van der Waals surface area contributed by atoms with Gasteiger partial charge in [-0.3, -0.25) is 0 Å². The van der Waals surface area contributed by atoms with E-state index in [1.54, 1.807) is 0 Å². The highest BCUT2D eigenvalue weighted by Gasteiger charge is 2.19. The molecule has 0 saturated carbocycles. The molecule has 3 nitrogen and oxygen atoms in total. The minimum Gasteiger partial charge on any atom is -0.465 e. The Kier molecular flexibility index (Phi) is 3.74. The van der Waals surface area contributed by atoms with E-state index in [0.29, 0.717) is 0 Å². The first-order valence-corrected chi connectivity index (χ1v) is 4.20. The Morgan fingerprint density at radius 2 is 1.87 bits per heavy atom. The lowest BCUT2D eigenvalue weighted by Gasteiger charge is -2.09. The van der Waals surface area contributed by atoms with E-state index in [9.17, 15) is 13.6 Å². The first-order chi connectivity index (χ1) is 7.06. The van der Waals surface area contributed by atoms with E-state index in [2.05, 4.69) is 4.74 Å². The molecule has 1 aromatic rings. The number of hydrogen-bond acceptors (Lipinski definition) is 3. The Hall–Kier alpha value is -1.49. The molecule has 0 fully saturated rings. The lowest BCUT2D eigenvalue weighted by atomic mass is 10.1. The number of alkyl halides is 2. The van der Waals surface area contributed by atoms with Crippen LogP contribution < -0.4 is 0 Å². The van der Waals surface area contributed by atoms with Crippen molar-refractivity contribution in [3.8, 4) is 0 Å². The molecule has 5 heteroatoms. The maximum atomic E-state index is 12.1. The first-order valence-electron chi connectivity index (χ1n) is 4.20. The van der Waals surface area contributed by atoms with E-state index in [4.69, 9.17) is 5.11 Å². The number of carbonyl (C=O) groups is 1. The number of benzene rings is 1. The van der Waals surface area contributed by atoms with Crippen molar-refractivity contribution >= 4 is 5.97 Å². The lowest BCUT2D eigenvalue weighted by Crippen LogP contribution is -2.08. The van der Waals surface area contributed by atoms with E-state index in [0.717, 1.165) is 0 Å². The molecule has 0 spiro atoms. The normalized spacial score (nSPS) is 12.6. The summed E-state index contributed by atoms with van der Waals surface area (Å²) in [5.74, 6) is -0.548. The zero-order chi connectivity index (χ0) is 11.4. The van der Waals surface area contributed by atoms with Gasteiger partial charge >= 0.3 is 5.97 Å². The molecule has 15 heavy (non-hydrogen) atoms. The lowest BCUT2D eigenvalue weighted by molar-refractivity contribution is -0.00578. The number of hydrogen-bond donors (Lipinski definition) is 1. The molecule has 0 bridgehead atoms. The van der Waals surface area contributed by atoms with E-state index in [-0.39, 0.29) is 11.1 Å². The summed E-state index contributed by atoms with van der Waals surface area (Å²) >= 11 is 0. The molecule has 0 heterocycles. The number of ether oxygens (including phenoxy) is 1. The van der Waals surface area contributed by atoms with Gasteiger partial charge in [0.15, 0.2) is 0 Å². The van der Waals surface area contributed by atoms with Crippen LogP contribution in [0.4, 0.5) is 8.78 Å². The molecule has 0 aliphatic heterocycles. The zero-order valence-corrected chi connectivity index (χ0v) is 7.98. The average Bonchev–Trinajstić information content (AvgIpc) is 2.27. The van der Waals surface area contributed by atoms with Crippen molar-refractivity contribution < 1.29 is 23.4 Å². The largest absolute Gasteiger partial charge is 0.465 e. The van der Waals surface area contributed by atoms with Crippen molar-refractivity contribution in [3.05, 3.63) is 35.4 Å². The van der Waals surface area contributed by atoms with E-state index >= 15 is 0 Å². The summed E-state index contributed by atoms with van der Waals surface area (Å²) in [6, 6.07) is 5.19. The van der Waals surface area contributed by atoms with Crippen molar-refractivity contribution in [2.75, 3.05) is 7.11 Å². The van der Waals surface area contributed by atoms with Gasteiger partial charge in [-0.25, -0.2) is 13.6 Å². The first kappa shape index (κ1) is 11.6. The molecule has 0 saturated heterocycles. The average molecular weight is 216 g/mol. The maximum Gasteiger partial charge on any atom is 0.337 e. The van der Waals surface area contributed by atoms with Crippen molar-refractivity contribution in [3.63, 3.8) is 0 Å². The van der Waals surface area contributed by atoms with E-state index in [1.807, 2.05) is 0 Å². The van der Waals surface area contributed by atoms with Gasteiger partial charge in [0, 0.05) is 0 Å². The fourth-order valence-corrected chi connectivity index (χ4v) is 1.08. The highest BCUT2D eigenvalue weighted by Crippen LogP contribution is 2.20. The monoisotopic (exact) mass is 216 g/mol. The van der Waals surface area contributed by atoms with Crippen LogP contribution in [0.25, 0.3) is 0 Å². The number of aliphatic hydroxyl groups excluding tert-OH is 1. The highest BCUT2D eigenvalue weighted by molar-refractivity contribution is 5.89. The number of halogens is 2. The molecule has 1 aromatic carbocycles. The Morgan fingerprint density at radius 1 is 1.33 bits per heavy atom. The summed E-state index contributed by atoms with van der Waals surface area (Å²) in [5.41, 5.74) is 0.320. The summed E-state index contributed by atoms with van der Waals surface area (Å²) in [4.78, 5) is 11.0. The fourth-order valence-electron chi connectivity index (χ4n) is 1.08. The predicted molar refractivity (Wildman–Crippen MR) is 48.7 cm³/mol. The summed E-state index contributed by atoms with van der Waals surface area (Å²) in [5, 5.41) is 9.02. The standard InChI is InChI=1S/C10H10F2O3/c1-15-10(14)7-4-2-6(3-5-7)8(13)9(11)12/h2-5,8-9,13H,1H3/t8-/m1/s1. The van der Waals surface area contributed by atoms with Gasteiger partial charge in [0.2, 0.25) is 0 Å². The second-order valence-electron chi connectivity index (χ2n) is 2.89. The topological polar surface area (TPSA) is 46.5 Å². The molecular weight excluding hydrogens is 206 g/mol. The SMILES string of the molecule is COC(=O)c1ccc([C@@H](O)C(F)F)cc1. The summed E-state index contributed by atoms with van der Waals surface area (Å²) in [7, 11) is 1.23. The smallest absolute Gasteiger partial charge is 0.337 e. The Balaban J connectivity index is 2.85. The second kappa shape index (κ2) is 4.84. The molecule has 0 aliphatic rings. The van der Waals surface area contributed by atoms with Crippen LogP contribution in [0, 0.1) is 0 Å². The molecule has 0 aliphatic carbocycles. The van der Waals surface area contributed by atoms with Gasteiger partial charge in [0.1, 0.15) is 6.10 Å². The van der Waals surface area contributed by atoms with Crippen LogP contribution in [0.15, 0.2) is 24.3 Å². The van der Waals surface area contributed by atoms with Gasteiger partial charge < -0.3 is 9.84 Å². The fraction of sp³-hybridized carbons (Fsp3) is 0.300. The minimum absolute atomic E-state index is 0.0673. The summed E-state index contributed by atoms with van der Waals surface area (Å²) in [6.07, 6.45) is -4.66. The Labute approximate surface area is 85.3 Å². The highest BCUT2D eigenvalue weighted by atomic mass is 19.3. The zero-order valence-electron chi connectivity index (χ0n) is 7.98. The quantitative estimate of drug-likeness (QED) is 0.783. The van der Waals surface area contributed by atoms with Gasteiger partial charge in [-0.05, 0) is 17.7 Å². The van der Waals surface area contributed by atoms with Crippen LogP contribution in [0.2, 0.25) is 0 Å². The van der Waals surface area contributed by atoms with Crippen LogP contribution in [0.5, 0.6) is 0 Å². The van der Waals surface area contributed by atoms with Gasteiger partial charge in [-0.2, -0.15) is 0 Å². The molecule has 1 atom stereocenters. The summed E-state index contributed by atoms with van der Waals surface area (Å²) < 4.78 is 28.6. The maximum absolute atomic E-state index is 12.1. The van der Waals surface area contributed by atoms with Gasteiger partial charge in [-0.1, -0.05) is 12.1 Å². The van der Waals surface area contributed by atoms with Crippen LogP contribution in [0.3, 0.4) is 0 Å². The molecular formula is C10H10F2O3. The predicted octanol–water partition coefficient (Wildman–Crippen LogP) is 1.77. The minimum atomic E-state index is -2.84. The van der Waals surface area contributed by atoms with Crippen LogP contribution >= 0.6 is 0 Å². The van der Waals surface area contributed by atoms with Gasteiger partial charge in [0.05, 0.1) is 12.7 Å². The van der Waals surface area contributed by atoms with E-state index < -0.39 is 18.5 Å². The van der Waals surface area contributed by atoms with E-state index in [1.165, 1.54) is 31.4 Å². The number of rotatable bonds is 3. The van der Waals surface area contributed by atoms with Gasteiger partial charge in [0.25, 0.3) is 6.43 Å². The van der Waals surface area contributed by atoms with Gasteiger partial charge in [-0.15, -0.1) is 0 Å². The Bertz CT molecular complexity index is 335. The molecule has 82 valence electrons. The molecule has 0 unspecified atom stereocenters. The van der Waals surface area contributed by atoms with Crippen molar-refractivity contribution in [2.24, 2.45) is 0 Å². The number of esters is 1.